The van der Waals surface area contributed by atoms with Crippen molar-refractivity contribution >= 4 is 27.3 Å². The predicted octanol–water partition coefficient (Wildman–Crippen LogP) is 3.42. The molecule has 6 heteroatoms. The normalized spacial score (nSPS) is 12.9. The summed E-state index contributed by atoms with van der Waals surface area (Å²) in [7, 11) is -2.01. The zero-order valence-corrected chi connectivity index (χ0v) is 13.4. The second-order valence-corrected chi connectivity index (χ2v) is 6.91. The Labute approximate surface area is 130 Å². The summed E-state index contributed by atoms with van der Waals surface area (Å²) >= 11 is 6.16. The minimum Gasteiger partial charge on any atom is -0.378 e. The molecular weight excluding hydrogens is 308 g/mol. The Kier molecular flexibility index (Phi) is 4.88. The van der Waals surface area contributed by atoms with Crippen LogP contribution in [0.25, 0.3) is 0 Å². The molecule has 0 spiro atoms. The van der Waals surface area contributed by atoms with Crippen molar-refractivity contribution in [3.05, 3.63) is 59.1 Å². The lowest BCUT2D eigenvalue weighted by Gasteiger charge is -2.17. The van der Waals surface area contributed by atoms with Gasteiger partial charge in [0, 0.05) is 16.8 Å². The summed E-state index contributed by atoms with van der Waals surface area (Å²) in [6.07, 6.45) is 0. The van der Waals surface area contributed by atoms with Crippen molar-refractivity contribution in [1.29, 1.82) is 0 Å². The smallest absolute Gasteiger partial charge is 0.240 e. The molecule has 21 heavy (non-hydrogen) atoms. The Balaban J connectivity index is 2.16. The van der Waals surface area contributed by atoms with Crippen LogP contribution in [0.5, 0.6) is 0 Å². The predicted molar refractivity (Wildman–Crippen MR) is 86.2 cm³/mol. The highest BCUT2D eigenvalue weighted by Crippen LogP contribution is 2.26. The molecule has 0 saturated heterocycles. The van der Waals surface area contributed by atoms with Gasteiger partial charge in [-0.05, 0) is 49.9 Å². The van der Waals surface area contributed by atoms with Crippen LogP contribution in [0.2, 0.25) is 5.02 Å². The fraction of sp³-hybridized carbons (Fsp3) is 0.200. The summed E-state index contributed by atoms with van der Waals surface area (Å²) in [5.41, 5.74) is 1.82. The van der Waals surface area contributed by atoms with E-state index in [1.165, 1.54) is 7.05 Å². The molecule has 0 radical (unpaired) electrons. The zero-order valence-electron chi connectivity index (χ0n) is 11.8. The van der Waals surface area contributed by atoms with Gasteiger partial charge in [0.25, 0.3) is 0 Å². The third-order valence-corrected chi connectivity index (χ3v) is 4.96. The quantitative estimate of drug-likeness (QED) is 0.886. The summed E-state index contributed by atoms with van der Waals surface area (Å²) in [5, 5.41) is 4.00. The molecule has 2 aromatic rings. The van der Waals surface area contributed by atoms with Gasteiger partial charge in [-0.2, -0.15) is 0 Å². The number of sulfonamides is 1. The van der Waals surface area contributed by atoms with Gasteiger partial charge in [-0.1, -0.05) is 29.8 Å². The maximum absolute atomic E-state index is 11.7. The Morgan fingerprint density at radius 1 is 1.05 bits per heavy atom. The average Bonchev–Trinajstić information content (AvgIpc) is 2.48. The molecule has 0 amide bonds. The lowest BCUT2D eigenvalue weighted by molar-refractivity contribution is 0.588. The molecule has 2 N–H and O–H groups in total. The number of halogens is 1. The summed E-state index contributed by atoms with van der Waals surface area (Å²) in [6.45, 7) is 2.00. The van der Waals surface area contributed by atoms with Crippen LogP contribution >= 0.6 is 11.6 Å². The maximum Gasteiger partial charge on any atom is 0.240 e. The van der Waals surface area contributed by atoms with Gasteiger partial charge in [0.2, 0.25) is 10.0 Å². The number of hydrogen-bond acceptors (Lipinski definition) is 3. The molecule has 112 valence electrons. The fourth-order valence-corrected chi connectivity index (χ4v) is 3.03. The van der Waals surface area contributed by atoms with Crippen molar-refractivity contribution in [2.24, 2.45) is 0 Å². The lowest BCUT2D eigenvalue weighted by Crippen LogP contribution is -2.18. The number of anilines is 1. The zero-order chi connectivity index (χ0) is 15.5. The highest BCUT2D eigenvalue weighted by atomic mass is 35.5. The van der Waals surface area contributed by atoms with Crippen molar-refractivity contribution in [2.75, 3.05) is 12.4 Å². The van der Waals surface area contributed by atoms with Crippen LogP contribution in [0.3, 0.4) is 0 Å². The van der Waals surface area contributed by atoms with Crippen LogP contribution in [0.15, 0.2) is 53.4 Å². The van der Waals surface area contributed by atoms with Crippen molar-refractivity contribution < 1.29 is 8.42 Å². The van der Waals surface area contributed by atoms with E-state index >= 15 is 0 Å². The molecule has 0 bridgehead atoms. The van der Waals surface area contributed by atoms with Crippen LogP contribution in [0.4, 0.5) is 5.69 Å². The summed E-state index contributed by atoms with van der Waals surface area (Å²) in [5.74, 6) is 0. The van der Waals surface area contributed by atoms with Crippen LogP contribution < -0.4 is 10.0 Å². The van der Waals surface area contributed by atoms with Crippen LogP contribution in [-0.2, 0) is 10.0 Å². The van der Waals surface area contributed by atoms with E-state index < -0.39 is 10.0 Å². The van der Waals surface area contributed by atoms with E-state index in [0.717, 1.165) is 11.3 Å². The van der Waals surface area contributed by atoms with Crippen molar-refractivity contribution in [1.82, 2.24) is 4.72 Å². The topological polar surface area (TPSA) is 58.2 Å². The van der Waals surface area contributed by atoms with E-state index in [1.807, 2.05) is 31.2 Å². The van der Waals surface area contributed by atoms with Gasteiger partial charge in [-0.25, -0.2) is 13.1 Å². The standard InChI is InChI=1S/C15H17ClN2O2S/c1-11(14-5-3-4-6-15(14)16)18-12-7-9-13(10-8-12)21(19,20)17-2/h3-11,17-18H,1-2H3. The van der Waals surface area contributed by atoms with Gasteiger partial charge in [-0.3, -0.25) is 0 Å². The van der Waals surface area contributed by atoms with E-state index in [0.29, 0.717) is 5.02 Å². The number of rotatable bonds is 5. The molecule has 0 heterocycles. The van der Waals surface area contributed by atoms with Gasteiger partial charge in [0.15, 0.2) is 0 Å². The first-order valence-corrected chi connectivity index (χ1v) is 8.35. The summed E-state index contributed by atoms with van der Waals surface area (Å²) in [4.78, 5) is 0.237. The highest BCUT2D eigenvalue weighted by Gasteiger charge is 2.12. The van der Waals surface area contributed by atoms with Gasteiger partial charge in [0.1, 0.15) is 0 Å². The second-order valence-electron chi connectivity index (χ2n) is 4.62. The Morgan fingerprint density at radius 2 is 1.67 bits per heavy atom. The molecule has 0 aliphatic carbocycles. The molecule has 0 saturated carbocycles. The summed E-state index contributed by atoms with van der Waals surface area (Å²) < 4.78 is 25.6. The van der Waals surface area contributed by atoms with Gasteiger partial charge < -0.3 is 5.32 Å². The Bertz CT molecular complexity index is 715. The highest BCUT2D eigenvalue weighted by molar-refractivity contribution is 7.89. The third kappa shape index (κ3) is 3.75. The molecule has 1 unspecified atom stereocenters. The van der Waals surface area contributed by atoms with Crippen molar-refractivity contribution in [3.8, 4) is 0 Å². The molecule has 0 fully saturated rings. The minimum absolute atomic E-state index is 0.0189. The number of nitrogens with one attached hydrogen (secondary N) is 2. The Hall–Kier alpha value is -1.56. The first-order valence-electron chi connectivity index (χ1n) is 6.48. The largest absolute Gasteiger partial charge is 0.378 e. The van der Waals surface area contributed by atoms with Gasteiger partial charge in [0.05, 0.1) is 4.90 Å². The van der Waals surface area contributed by atoms with E-state index in [4.69, 9.17) is 11.6 Å². The van der Waals surface area contributed by atoms with Crippen molar-refractivity contribution in [3.63, 3.8) is 0 Å². The monoisotopic (exact) mass is 324 g/mol. The molecule has 2 rings (SSSR count). The molecule has 0 aliphatic heterocycles. The minimum atomic E-state index is -3.40. The second kappa shape index (κ2) is 6.47. The van der Waals surface area contributed by atoms with Crippen LogP contribution in [-0.4, -0.2) is 15.5 Å². The van der Waals surface area contributed by atoms with E-state index in [2.05, 4.69) is 10.0 Å². The van der Waals surface area contributed by atoms with E-state index in [-0.39, 0.29) is 10.9 Å². The first kappa shape index (κ1) is 15.8. The molecule has 4 nitrogen and oxygen atoms in total. The van der Waals surface area contributed by atoms with E-state index in [9.17, 15) is 8.42 Å². The van der Waals surface area contributed by atoms with Crippen LogP contribution in [0.1, 0.15) is 18.5 Å². The average molecular weight is 325 g/mol. The van der Waals surface area contributed by atoms with Crippen LogP contribution in [0, 0.1) is 0 Å². The van der Waals surface area contributed by atoms with Gasteiger partial charge in [-0.15, -0.1) is 0 Å². The summed E-state index contributed by atoms with van der Waals surface area (Å²) in [6, 6.07) is 14.2. The third-order valence-electron chi connectivity index (χ3n) is 3.19. The maximum atomic E-state index is 11.7. The Morgan fingerprint density at radius 3 is 2.24 bits per heavy atom. The number of hydrogen-bond donors (Lipinski definition) is 2. The first-order chi connectivity index (χ1) is 9.94. The SMILES string of the molecule is CNS(=O)(=O)c1ccc(NC(C)c2ccccc2Cl)cc1. The molecular formula is C15H17ClN2O2S. The molecule has 2 aromatic carbocycles. The van der Waals surface area contributed by atoms with Gasteiger partial charge >= 0.3 is 0 Å². The molecule has 1 atom stereocenters. The number of benzene rings is 2. The fourth-order valence-electron chi connectivity index (χ4n) is 2.00. The van der Waals surface area contributed by atoms with E-state index in [1.54, 1.807) is 24.3 Å². The molecule has 0 aliphatic rings. The lowest BCUT2D eigenvalue weighted by atomic mass is 10.1. The van der Waals surface area contributed by atoms with Crippen molar-refractivity contribution in [2.45, 2.75) is 17.9 Å². The molecule has 0 aromatic heterocycles.